The van der Waals surface area contributed by atoms with Crippen molar-refractivity contribution in [2.75, 3.05) is 7.05 Å². The second-order valence-electron chi connectivity index (χ2n) is 6.39. The Hall–Kier alpha value is -1.15. The molecule has 0 fully saturated rings. The van der Waals surface area contributed by atoms with E-state index in [0.29, 0.717) is 6.54 Å². The molecule has 0 aliphatic carbocycles. The van der Waals surface area contributed by atoms with Crippen molar-refractivity contribution in [2.24, 2.45) is 11.7 Å². The number of sulfonamides is 1. The predicted molar refractivity (Wildman–Crippen MR) is 103 cm³/mol. The van der Waals surface area contributed by atoms with Crippen molar-refractivity contribution in [3.63, 3.8) is 0 Å². The Morgan fingerprint density at radius 2 is 1.72 bits per heavy atom. The quantitative estimate of drug-likeness (QED) is 0.709. The van der Waals surface area contributed by atoms with E-state index in [1.165, 1.54) is 4.31 Å². The lowest BCUT2D eigenvalue weighted by Crippen LogP contribution is -2.44. The summed E-state index contributed by atoms with van der Waals surface area (Å²) in [5, 5.41) is 2.79. The van der Waals surface area contributed by atoms with Crippen molar-refractivity contribution < 1.29 is 13.2 Å². The molecule has 0 aromatic heterocycles. The average molecular weight is 392 g/mol. The second-order valence-corrected chi connectivity index (χ2v) is 8.39. The summed E-state index contributed by atoms with van der Waals surface area (Å²) < 4.78 is 26.1. The van der Waals surface area contributed by atoms with Crippen LogP contribution in [0.3, 0.4) is 0 Å². The van der Waals surface area contributed by atoms with Gasteiger partial charge in [0.1, 0.15) is 0 Å². The topological polar surface area (TPSA) is 92.5 Å². The molecule has 0 bridgehead atoms. The smallest absolute Gasteiger partial charge is 0.243 e. The van der Waals surface area contributed by atoms with Crippen LogP contribution in [-0.4, -0.2) is 37.8 Å². The van der Waals surface area contributed by atoms with Crippen LogP contribution in [0.4, 0.5) is 0 Å². The maximum absolute atomic E-state index is 12.4. The van der Waals surface area contributed by atoms with Crippen LogP contribution in [0.1, 0.15) is 39.7 Å². The van der Waals surface area contributed by atoms with Crippen LogP contribution >= 0.6 is 12.4 Å². The van der Waals surface area contributed by atoms with Crippen LogP contribution in [0.2, 0.25) is 0 Å². The monoisotopic (exact) mass is 391 g/mol. The van der Waals surface area contributed by atoms with E-state index in [9.17, 15) is 13.2 Å². The highest BCUT2D eigenvalue weighted by Crippen LogP contribution is 2.17. The zero-order valence-electron chi connectivity index (χ0n) is 15.5. The molecule has 1 aromatic rings. The summed E-state index contributed by atoms with van der Waals surface area (Å²) in [6, 6.07) is 5.88. The van der Waals surface area contributed by atoms with Gasteiger partial charge in [-0.2, -0.15) is 4.31 Å². The standard InChI is InChI=1S/C17H29N3O3S.ClH/c1-6-13(4)16(18)17(21)19-11-14-7-9-15(10-8-14)24(22,23)20(5)12(2)3;/h7-10,12-13,16H,6,11,18H2,1-5H3,(H,19,21);1H. The van der Waals surface area contributed by atoms with Gasteiger partial charge in [0, 0.05) is 19.6 Å². The average Bonchev–Trinajstić information content (AvgIpc) is 2.57. The third-order valence-electron chi connectivity index (χ3n) is 4.35. The Morgan fingerprint density at radius 3 is 2.16 bits per heavy atom. The van der Waals surface area contributed by atoms with E-state index in [0.717, 1.165) is 12.0 Å². The summed E-state index contributed by atoms with van der Waals surface area (Å²) in [6.45, 7) is 7.90. The fraction of sp³-hybridized carbons (Fsp3) is 0.588. The summed E-state index contributed by atoms with van der Waals surface area (Å²) in [5.74, 6) is -0.0790. The minimum Gasteiger partial charge on any atom is -0.351 e. The van der Waals surface area contributed by atoms with Crippen LogP contribution in [0.25, 0.3) is 0 Å². The van der Waals surface area contributed by atoms with Crippen LogP contribution < -0.4 is 11.1 Å². The largest absolute Gasteiger partial charge is 0.351 e. The highest BCUT2D eigenvalue weighted by Gasteiger charge is 2.23. The van der Waals surface area contributed by atoms with Gasteiger partial charge in [0.15, 0.2) is 0 Å². The first-order valence-electron chi connectivity index (χ1n) is 8.21. The van der Waals surface area contributed by atoms with Crippen molar-refractivity contribution in [2.45, 2.75) is 57.6 Å². The summed E-state index contributed by atoms with van der Waals surface area (Å²) in [6.07, 6.45) is 0.838. The molecular weight excluding hydrogens is 362 g/mol. The van der Waals surface area contributed by atoms with E-state index < -0.39 is 16.1 Å². The molecule has 2 atom stereocenters. The number of hydrogen-bond acceptors (Lipinski definition) is 4. The van der Waals surface area contributed by atoms with Crippen molar-refractivity contribution >= 4 is 28.3 Å². The molecule has 2 unspecified atom stereocenters. The minimum atomic E-state index is -3.49. The fourth-order valence-corrected chi connectivity index (χ4v) is 3.41. The number of hydrogen-bond donors (Lipinski definition) is 2. The van der Waals surface area contributed by atoms with Crippen LogP contribution in [0, 0.1) is 5.92 Å². The Labute approximate surface area is 157 Å². The molecule has 0 aliphatic heterocycles. The lowest BCUT2D eigenvalue weighted by Gasteiger charge is -2.21. The van der Waals surface area contributed by atoms with Gasteiger partial charge in [-0.05, 0) is 37.5 Å². The number of rotatable bonds is 8. The van der Waals surface area contributed by atoms with E-state index in [2.05, 4.69) is 5.32 Å². The zero-order valence-corrected chi connectivity index (χ0v) is 17.2. The maximum Gasteiger partial charge on any atom is 0.243 e. The number of carbonyl (C=O) groups is 1. The molecule has 0 heterocycles. The first-order chi connectivity index (χ1) is 11.1. The number of nitrogens with one attached hydrogen (secondary N) is 1. The molecule has 6 nitrogen and oxygen atoms in total. The van der Waals surface area contributed by atoms with Gasteiger partial charge < -0.3 is 11.1 Å². The van der Waals surface area contributed by atoms with E-state index in [-0.39, 0.29) is 35.2 Å². The predicted octanol–water partition coefficient (Wildman–Crippen LogP) is 2.13. The van der Waals surface area contributed by atoms with Gasteiger partial charge in [-0.1, -0.05) is 32.4 Å². The Balaban J connectivity index is 0.00000576. The molecule has 3 N–H and O–H groups in total. The summed E-state index contributed by atoms with van der Waals surface area (Å²) in [4.78, 5) is 12.2. The second kappa shape index (κ2) is 10.1. The molecule has 25 heavy (non-hydrogen) atoms. The van der Waals surface area contributed by atoms with Gasteiger partial charge in [0.05, 0.1) is 10.9 Å². The molecular formula is C17H30ClN3O3S. The highest BCUT2D eigenvalue weighted by atomic mass is 35.5. The van der Waals surface area contributed by atoms with Gasteiger partial charge in [0.25, 0.3) is 0 Å². The van der Waals surface area contributed by atoms with E-state index in [1.54, 1.807) is 31.3 Å². The third kappa shape index (κ3) is 6.26. The van der Waals surface area contributed by atoms with Gasteiger partial charge in [0.2, 0.25) is 15.9 Å². The SMILES string of the molecule is CCC(C)C(N)C(=O)NCc1ccc(S(=O)(=O)N(C)C(C)C)cc1.Cl. The molecule has 0 aliphatic rings. The van der Waals surface area contributed by atoms with E-state index in [4.69, 9.17) is 5.73 Å². The Kier molecular flexibility index (Phi) is 9.64. The van der Waals surface area contributed by atoms with Crippen LogP contribution in [0.15, 0.2) is 29.2 Å². The molecule has 0 saturated carbocycles. The molecule has 0 saturated heterocycles. The van der Waals surface area contributed by atoms with Crippen LogP contribution in [0.5, 0.6) is 0 Å². The third-order valence-corrected chi connectivity index (χ3v) is 6.40. The van der Waals surface area contributed by atoms with Crippen molar-refractivity contribution in [1.82, 2.24) is 9.62 Å². The molecule has 8 heteroatoms. The van der Waals surface area contributed by atoms with Crippen molar-refractivity contribution in [3.8, 4) is 0 Å². The zero-order chi connectivity index (χ0) is 18.5. The highest BCUT2D eigenvalue weighted by molar-refractivity contribution is 7.89. The summed E-state index contributed by atoms with van der Waals surface area (Å²) >= 11 is 0. The number of nitrogens with two attached hydrogens (primary N) is 1. The molecule has 0 spiro atoms. The number of nitrogens with zero attached hydrogens (tertiary/aromatic N) is 1. The number of halogens is 1. The molecule has 1 amide bonds. The van der Waals surface area contributed by atoms with Crippen LogP contribution in [-0.2, 0) is 21.4 Å². The van der Waals surface area contributed by atoms with E-state index >= 15 is 0 Å². The lowest BCUT2D eigenvalue weighted by atomic mass is 9.99. The minimum absolute atomic E-state index is 0. The van der Waals surface area contributed by atoms with Gasteiger partial charge in [-0.15, -0.1) is 12.4 Å². The van der Waals surface area contributed by atoms with Gasteiger partial charge >= 0.3 is 0 Å². The summed E-state index contributed by atoms with van der Waals surface area (Å²) in [5.41, 5.74) is 6.71. The molecule has 0 radical (unpaired) electrons. The molecule has 1 rings (SSSR count). The first kappa shape index (κ1) is 23.9. The Bertz CT molecular complexity index is 648. The number of carbonyl (C=O) groups excluding carboxylic acids is 1. The number of amides is 1. The van der Waals surface area contributed by atoms with Gasteiger partial charge in [-0.25, -0.2) is 8.42 Å². The maximum atomic E-state index is 12.4. The molecule has 144 valence electrons. The first-order valence-corrected chi connectivity index (χ1v) is 9.65. The summed E-state index contributed by atoms with van der Waals surface area (Å²) in [7, 11) is -1.93. The number of benzene rings is 1. The van der Waals surface area contributed by atoms with Gasteiger partial charge in [-0.3, -0.25) is 4.79 Å². The lowest BCUT2D eigenvalue weighted by molar-refractivity contribution is -0.123. The Morgan fingerprint density at radius 1 is 1.20 bits per heavy atom. The van der Waals surface area contributed by atoms with Crippen molar-refractivity contribution in [1.29, 1.82) is 0 Å². The fourth-order valence-electron chi connectivity index (χ4n) is 2.04. The van der Waals surface area contributed by atoms with E-state index in [1.807, 2.05) is 27.7 Å². The van der Waals surface area contributed by atoms with Crippen molar-refractivity contribution in [3.05, 3.63) is 29.8 Å². The molecule has 1 aromatic carbocycles. The normalized spacial score (nSPS) is 14.1.